The molecule has 0 fully saturated rings. The number of hydrogen-bond acceptors (Lipinski definition) is 6. The van der Waals surface area contributed by atoms with E-state index >= 15 is 0 Å². The second-order valence-electron chi connectivity index (χ2n) is 5.42. The number of carbonyl (C=O) groups is 1. The average Bonchev–Trinajstić information content (AvgIpc) is 3.16. The van der Waals surface area contributed by atoms with Crippen molar-refractivity contribution in [3.05, 3.63) is 45.5 Å². The molecule has 126 valence electrons. The number of benzene rings is 1. The third-order valence-corrected chi connectivity index (χ3v) is 5.48. The lowest BCUT2D eigenvalue weighted by Crippen LogP contribution is -2.03. The Labute approximate surface area is 155 Å². The summed E-state index contributed by atoms with van der Waals surface area (Å²) < 4.78 is 7.74. The van der Waals surface area contributed by atoms with Gasteiger partial charge in [0.25, 0.3) is 0 Å². The lowest BCUT2D eigenvalue weighted by molar-refractivity contribution is 0.0531. The van der Waals surface area contributed by atoms with Crippen LogP contribution in [0.15, 0.2) is 35.1 Å². The topological polar surface area (TPSA) is 69.4 Å². The van der Waals surface area contributed by atoms with E-state index in [1.807, 2.05) is 31.2 Å². The van der Waals surface area contributed by atoms with E-state index in [-0.39, 0.29) is 5.97 Å². The van der Waals surface area contributed by atoms with Crippen LogP contribution in [-0.4, -0.2) is 32.2 Å². The molecule has 3 aromatic heterocycles. The van der Waals surface area contributed by atoms with Crippen molar-refractivity contribution in [2.45, 2.75) is 13.8 Å². The molecule has 3 heterocycles. The predicted octanol–water partition coefficient (Wildman–Crippen LogP) is 4.25. The van der Waals surface area contributed by atoms with Crippen molar-refractivity contribution in [1.82, 2.24) is 19.6 Å². The number of nitrogens with zero attached hydrogens (tertiary/aromatic N) is 4. The van der Waals surface area contributed by atoms with Gasteiger partial charge in [-0.1, -0.05) is 28.1 Å². The summed E-state index contributed by atoms with van der Waals surface area (Å²) in [4.78, 5) is 22.6. The van der Waals surface area contributed by atoms with E-state index in [2.05, 4.69) is 31.0 Å². The molecule has 4 aromatic rings. The maximum atomic E-state index is 12.1. The Kier molecular flexibility index (Phi) is 4.01. The zero-order chi connectivity index (χ0) is 17.6. The summed E-state index contributed by atoms with van der Waals surface area (Å²) in [6.45, 7) is 4.02. The van der Waals surface area contributed by atoms with Gasteiger partial charge in [-0.25, -0.2) is 19.3 Å². The zero-order valence-corrected chi connectivity index (χ0v) is 15.9. The Morgan fingerprint density at radius 2 is 2.24 bits per heavy atom. The van der Waals surface area contributed by atoms with E-state index in [0.717, 1.165) is 25.8 Å². The first-order valence-corrected chi connectivity index (χ1v) is 9.27. The minimum Gasteiger partial charge on any atom is -0.462 e. The van der Waals surface area contributed by atoms with Crippen molar-refractivity contribution < 1.29 is 9.53 Å². The molecule has 0 aliphatic heterocycles. The fourth-order valence-electron chi connectivity index (χ4n) is 2.68. The van der Waals surface area contributed by atoms with Crippen LogP contribution in [0.4, 0.5) is 0 Å². The van der Waals surface area contributed by atoms with Crippen LogP contribution in [0.2, 0.25) is 0 Å². The molecule has 0 atom stereocenters. The van der Waals surface area contributed by atoms with Crippen molar-refractivity contribution in [3.8, 4) is 11.4 Å². The van der Waals surface area contributed by atoms with Crippen LogP contribution in [0.1, 0.15) is 22.2 Å². The number of ether oxygens (including phenoxy) is 1. The van der Waals surface area contributed by atoms with Crippen molar-refractivity contribution >= 4 is 49.1 Å². The molecule has 1 aromatic carbocycles. The van der Waals surface area contributed by atoms with Crippen LogP contribution in [-0.2, 0) is 4.74 Å². The van der Waals surface area contributed by atoms with E-state index in [4.69, 9.17) is 4.74 Å². The standard InChI is InChI=1S/C17H13BrN4O2S/c1-3-24-17(23)13-9(2)12-15-20-14(10-5-4-6-11(18)7-10)21-22(15)8-19-16(12)25-13/h4-8H,3H2,1-2H3. The van der Waals surface area contributed by atoms with E-state index in [1.165, 1.54) is 11.3 Å². The number of thiophene rings is 1. The molecule has 0 spiro atoms. The van der Waals surface area contributed by atoms with E-state index in [9.17, 15) is 4.79 Å². The molecule has 4 rings (SSSR count). The Morgan fingerprint density at radius 1 is 1.40 bits per heavy atom. The van der Waals surface area contributed by atoms with Crippen LogP contribution >= 0.6 is 27.3 Å². The number of fused-ring (bicyclic) bond motifs is 3. The highest BCUT2D eigenvalue weighted by atomic mass is 79.9. The number of carbonyl (C=O) groups excluding carboxylic acids is 1. The first kappa shape index (κ1) is 16.2. The van der Waals surface area contributed by atoms with E-state index < -0.39 is 0 Å². The fraction of sp³-hybridized carbons (Fsp3) is 0.176. The SMILES string of the molecule is CCOC(=O)c1sc2ncn3nc(-c4cccc(Br)c4)nc3c2c1C. The second-order valence-corrected chi connectivity index (χ2v) is 7.33. The Morgan fingerprint density at radius 3 is 3.00 bits per heavy atom. The number of aryl methyl sites for hydroxylation is 1. The van der Waals surface area contributed by atoms with Gasteiger partial charge in [0.15, 0.2) is 11.5 Å². The summed E-state index contributed by atoms with van der Waals surface area (Å²) >= 11 is 4.78. The van der Waals surface area contributed by atoms with Crippen molar-refractivity contribution in [2.24, 2.45) is 0 Å². The highest BCUT2D eigenvalue weighted by molar-refractivity contribution is 9.10. The van der Waals surface area contributed by atoms with Crippen LogP contribution in [0, 0.1) is 6.92 Å². The van der Waals surface area contributed by atoms with Gasteiger partial charge >= 0.3 is 5.97 Å². The van der Waals surface area contributed by atoms with E-state index in [0.29, 0.717) is 23.0 Å². The summed E-state index contributed by atoms with van der Waals surface area (Å²) in [6, 6.07) is 7.81. The van der Waals surface area contributed by atoms with Gasteiger partial charge in [-0.15, -0.1) is 16.4 Å². The van der Waals surface area contributed by atoms with Gasteiger partial charge in [-0.2, -0.15) is 0 Å². The molecule has 0 N–H and O–H groups in total. The largest absolute Gasteiger partial charge is 0.462 e. The number of esters is 1. The molecular weight excluding hydrogens is 404 g/mol. The third-order valence-electron chi connectivity index (χ3n) is 3.81. The molecule has 0 radical (unpaired) electrons. The zero-order valence-electron chi connectivity index (χ0n) is 13.5. The van der Waals surface area contributed by atoms with Crippen LogP contribution in [0.25, 0.3) is 27.3 Å². The van der Waals surface area contributed by atoms with Gasteiger partial charge < -0.3 is 4.74 Å². The smallest absolute Gasteiger partial charge is 0.348 e. The monoisotopic (exact) mass is 416 g/mol. The first-order valence-electron chi connectivity index (χ1n) is 7.66. The van der Waals surface area contributed by atoms with Crippen molar-refractivity contribution in [1.29, 1.82) is 0 Å². The summed E-state index contributed by atoms with van der Waals surface area (Å²) in [5, 5.41) is 5.35. The highest BCUT2D eigenvalue weighted by Crippen LogP contribution is 2.33. The third kappa shape index (κ3) is 2.71. The van der Waals surface area contributed by atoms with Crippen LogP contribution < -0.4 is 0 Å². The Bertz CT molecular complexity index is 1120. The van der Waals surface area contributed by atoms with Crippen LogP contribution in [0.3, 0.4) is 0 Å². The lowest BCUT2D eigenvalue weighted by atomic mass is 10.2. The molecule has 0 aliphatic carbocycles. The molecule has 0 amide bonds. The quantitative estimate of drug-likeness (QED) is 0.466. The first-order chi connectivity index (χ1) is 12.1. The van der Waals surface area contributed by atoms with Gasteiger partial charge in [0.1, 0.15) is 16.0 Å². The van der Waals surface area contributed by atoms with Gasteiger partial charge in [-0.3, -0.25) is 0 Å². The molecule has 8 heteroatoms. The second kappa shape index (κ2) is 6.20. The molecule has 0 saturated carbocycles. The minimum absolute atomic E-state index is 0.326. The van der Waals surface area contributed by atoms with Gasteiger partial charge in [-0.05, 0) is 31.5 Å². The van der Waals surface area contributed by atoms with Crippen molar-refractivity contribution in [2.75, 3.05) is 6.61 Å². The van der Waals surface area contributed by atoms with Gasteiger partial charge in [0, 0.05) is 10.0 Å². The molecule has 0 saturated heterocycles. The molecule has 0 unspecified atom stereocenters. The molecule has 0 aliphatic rings. The number of rotatable bonds is 3. The van der Waals surface area contributed by atoms with E-state index in [1.54, 1.807) is 17.8 Å². The maximum Gasteiger partial charge on any atom is 0.348 e. The predicted molar refractivity (Wildman–Crippen MR) is 100.0 cm³/mol. The van der Waals surface area contributed by atoms with Crippen molar-refractivity contribution in [3.63, 3.8) is 0 Å². The van der Waals surface area contributed by atoms with Crippen LogP contribution in [0.5, 0.6) is 0 Å². The number of hydrogen-bond donors (Lipinski definition) is 0. The van der Waals surface area contributed by atoms with Gasteiger partial charge in [0.2, 0.25) is 0 Å². The molecule has 6 nitrogen and oxygen atoms in total. The minimum atomic E-state index is -0.326. The maximum absolute atomic E-state index is 12.1. The molecule has 0 bridgehead atoms. The Balaban J connectivity index is 1.93. The average molecular weight is 417 g/mol. The summed E-state index contributed by atoms with van der Waals surface area (Å²) in [5.41, 5.74) is 2.42. The number of halogens is 1. The van der Waals surface area contributed by atoms with Gasteiger partial charge in [0.05, 0.1) is 12.0 Å². The highest BCUT2D eigenvalue weighted by Gasteiger charge is 2.21. The fourth-order valence-corrected chi connectivity index (χ4v) is 4.11. The lowest BCUT2D eigenvalue weighted by Gasteiger charge is -1.99. The summed E-state index contributed by atoms with van der Waals surface area (Å²) in [6.07, 6.45) is 1.62. The number of aromatic nitrogens is 4. The molecule has 25 heavy (non-hydrogen) atoms. The summed E-state index contributed by atoms with van der Waals surface area (Å²) in [5.74, 6) is 0.284. The Hall–Kier alpha value is -2.32. The summed E-state index contributed by atoms with van der Waals surface area (Å²) in [7, 11) is 0. The molecular formula is C17H13BrN4O2S. The normalized spacial score (nSPS) is 11.3.